The lowest BCUT2D eigenvalue weighted by molar-refractivity contribution is -0.131. The van der Waals surface area contributed by atoms with Gasteiger partial charge in [-0.25, -0.2) is 4.79 Å². The Kier molecular flexibility index (Phi) is 16.7. The van der Waals surface area contributed by atoms with E-state index in [0.717, 1.165) is 37.4 Å². The van der Waals surface area contributed by atoms with E-state index in [4.69, 9.17) is 14.6 Å². The van der Waals surface area contributed by atoms with Crippen LogP contribution in [0.5, 0.6) is 5.75 Å². The van der Waals surface area contributed by atoms with E-state index in [0.29, 0.717) is 19.2 Å². The van der Waals surface area contributed by atoms with Crippen LogP contribution in [-0.4, -0.2) is 54.7 Å². The smallest absolute Gasteiger partial charge is 0.328 e. The van der Waals surface area contributed by atoms with Crippen molar-refractivity contribution in [1.82, 2.24) is 5.32 Å². The first-order chi connectivity index (χ1) is 14.4. The van der Waals surface area contributed by atoms with Gasteiger partial charge in [0.15, 0.2) is 0 Å². The van der Waals surface area contributed by atoms with Gasteiger partial charge in [-0.3, -0.25) is 0 Å². The molecule has 0 spiro atoms. The second kappa shape index (κ2) is 17.8. The number of aliphatic hydroxyl groups is 1. The first-order valence-corrected chi connectivity index (χ1v) is 10.6. The molecule has 0 amide bonds. The molecule has 0 heterocycles. The molecule has 1 fully saturated rings. The molecule has 1 aromatic carbocycles. The highest BCUT2D eigenvalue weighted by Gasteiger charge is 2.20. The fraction of sp³-hybridized carbons (Fsp3) is 0.542. The molecule has 0 saturated heterocycles. The molecule has 1 unspecified atom stereocenters. The van der Waals surface area contributed by atoms with Gasteiger partial charge in [-0.15, -0.1) is 12.4 Å². The lowest BCUT2D eigenvalue weighted by Crippen LogP contribution is -2.35. The molecule has 0 aliphatic heterocycles. The summed E-state index contributed by atoms with van der Waals surface area (Å²) in [5.74, 6) is 0.710. The monoisotopic (exact) mass is 455 g/mol. The maximum absolute atomic E-state index is 9.80. The van der Waals surface area contributed by atoms with Crippen LogP contribution < -0.4 is 10.1 Å². The van der Waals surface area contributed by atoms with Crippen molar-refractivity contribution in [2.24, 2.45) is 5.92 Å². The van der Waals surface area contributed by atoms with E-state index in [2.05, 4.69) is 31.3 Å². The first-order valence-electron chi connectivity index (χ1n) is 10.6. The molecule has 1 aliphatic carbocycles. The normalized spacial score (nSPS) is 14.2. The Morgan fingerprint density at radius 1 is 1.23 bits per heavy atom. The molecule has 1 atom stereocenters. The fourth-order valence-corrected chi connectivity index (χ4v) is 2.35. The van der Waals surface area contributed by atoms with E-state index in [1.165, 1.54) is 24.5 Å². The summed E-state index contributed by atoms with van der Waals surface area (Å²) in [6.07, 6.45) is 9.11. The van der Waals surface area contributed by atoms with Crippen molar-refractivity contribution in [1.29, 1.82) is 0 Å². The van der Waals surface area contributed by atoms with Crippen LogP contribution in [0.25, 0.3) is 0 Å². The zero-order chi connectivity index (χ0) is 22.2. The fourth-order valence-electron chi connectivity index (χ4n) is 2.35. The van der Waals surface area contributed by atoms with Crippen molar-refractivity contribution < 1.29 is 24.5 Å². The molecule has 3 N–H and O–H groups in total. The van der Waals surface area contributed by atoms with E-state index < -0.39 is 12.1 Å². The summed E-state index contributed by atoms with van der Waals surface area (Å²) in [6.45, 7) is 8.50. The maximum Gasteiger partial charge on any atom is 0.328 e. The Hall–Kier alpha value is -1.86. The zero-order valence-electron chi connectivity index (χ0n) is 18.8. The lowest BCUT2D eigenvalue weighted by atomic mass is 10.1. The van der Waals surface area contributed by atoms with E-state index in [-0.39, 0.29) is 12.4 Å². The third-order valence-electron chi connectivity index (χ3n) is 4.26. The number of rotatable bonds is 13. The average molecular weight is 456 g/mol. The summed E-state index contributed by atoms with van der Waals surface area (Å²) in [5.41, 5.74) is 1.25. The quantitative estimate of drug-likeness (QED) is 0.236. The largest absolute Gasteiger partial charge is 0.491 e. The Labute approximate surface area is 192 Å². The van der Waals surface area contributed by atoms with Crippen LogP contribution >= 0.6 is 12.4 Å². The van der Waals surface area contributed by atoms with Crippen LogP contribution in [0.2, 0.25) is 0 Å². The van der Waals surface area contributed by atoms with Crippen LogP contribution in [0.15, 0.2) is 48.6 Å². The SMILES string of the molecule is C/C=C/C=C/C(=O)O.CC(C)NCC(O)COc1ccc(CCOCC2CC2)cc1.Cl. The molecule has 1 aliphatic rings. The van der Waals surface area contributed by atoms with Crippen molar-refractivity contribution in [3.63, 3.8) is 0 Å². The molecule has 0 aromatic heterocycles. The summed E-state index contributed by atoms with van der Waals surface area (Å²) in [6, 6.07) is 8.41. The highest BCUT2D eigenvalue weighted by atomic mass is 35.5. The summed E-state index contributed by atoms with van der Waals surface area (Å²) in [4.78, 5) is 9.75. The van der Waals surface area contributed by atoms with E-state index in [1.807, 2.05) is 19.1 Å². The van der Waals surface area contributed by atoms with Crippen molar-refractivity contribution in [2.75, 3.05) is 26.4 Å². The Bertz CT molecular complexity index is 642. The topological polar surface area (TPSA) is 88.0 Å². The number of ether oxygens (including phenoxy) is 2. The summed E-state index contributed by atoms with van der Waals surface area (Å²) in [5, 5.41) is 21.0. The molecule has 0 radical (unpaired) electrons. The van der Waals surface area contributed by atoms with Gasteiger partial charge in [-0.1, -0.05) is 44.2 Å². The standard InChI is InChI=1S/C18H29NO3.C6H8O2.ClH/c1-14(2)19-11-17(20)13-22-18-7-5-15(6-8-18)9-10-21-12-16-3-4-16;1-2-3-4-5-6(7)8;/h5-8,14,16-17,19-20H,3-4,9-13H2,1-2H3;2-5H,1H3,(H,7,8);1H/b;3-2+,5-4+;. The molecular weight excluding hydrogens is 418 g/mol. The third kappa shape index (κ3) is 17.5. The number of carbonyl (C=O) groups is 1. The number of benzene rings is 1. The predicted molar refractivity (Wildman–Crippen MR) is 127 cm³/mol. The molecule has 1 aromatic rings. The minimum atomic E-state index is -0.914. The predicted octanol–water partition coefficient (Wildman–Crippen LogP) is 4.02. The highest BCUT2D eigenvalue weighted by Crippen LogP contribution is 2.28. The summed E-state index contributed by atoms with van der Waals surface area (Å²) >= 11 is 0. The minimum absolute atomic E-state index is 0. The second-order valence-electron chi connectivity index (χ2n) is 7.66. The van der Waals surface area contributed by atoms with Gasteiger partial charge in [0.2, 0.25) is 0 Å². The maximum atomic E-state index is 9.80. The number of nitrogens with one attached hydrogen (secondary N) is 1. The van der Waals surface area contributed by atoms with Crippen LogP contribution in [0.4, 0.5) is 0 Å². The van der Waals surface area contributed by atoms with Crippen molar-refractivity contribution in [3.05, 3.63) is 54.1 Å². The molecular formula is C24H38ClNO5. The van der Waals surface area contributed by atoms with Crippen LogP contribution in [0.3, 0.4) is 0 Å². The van der Waals surface area contributed by atoms with E-state index in [9.17, 15) is 9.90 Å². The van der Waals surface area contributed by atoms with Gasteiger partial charge in [0.05, 0.1) is 6.61 Å². The van der Waals surface area contributed by atoms with Gasteiger partial charge < -0.3 is 25.0 Å². The van der Waals surface area contributed by atoms with Crippen LogP contribution in [0.1, 0.15) is 39.2 Å². The molecule has 6 nitrogen and oxygen atoms in total. The average Bonchev–Trinajstić information content (AvgIpc) is 3.54. The lowest BCUT2D eigenvalue weighted by Gasteiger charge is -2.15. The first kappa shape index (κ1) is 29.1. The number of aliphatic carboxylic acids is 1. The Balaban J connectivity index is 0.000000858. The van der Waals surface area contributed by atoms with Crippen molar-refractivity contribution in [3.8, 4) is 5.75 Å². The number of carboxylic acids is 1. The van der Waals surface area contributed by atoms with Gasteiger partial charge in [0.1, 0.15) is 18.5 Å². The summed E-state index contributed by atoms with van der Waals surface area (Å²) in [7, 11) is 0. The Morgan fingerprint density at radius 3 is 2.45 bits per heavy atom. The second-order valence-corrected chi connectivity index (χ2v) is 7.66. The molecule has 1 saturated carbocycles. The third-order valence-corrected chi connectivity index (χ3v) is 4.26. The van der Waals surface area contributed by atoms with Crippen molar-refractivity contribution in [2.45, 2.75) is 52.2 Å². The number of carboxylic acid groups (broad SMARTS) is 1. The number of halogens is 1. The highest BCUT2D eigenvalue weighted by molar-refractivity contribution is 5.85. The van der Waals surface area contributed by atoms with Gasteiger partial charge in [-0.2, -0.15) is 0 Å². The summed E-state index contributed by atoms with van der Waals surface area (Å²) < 4.78 is 11.2. The van der Waals surface area contributed by atoms with E-state index in [1.54, 1.807) is 12.2 Å². The van der Waals surface area contributed by atoms with E-state index >= 15 is 0 Å². The molecule has 7 heteroatoms. The number of aliphatic hydroxyl groups excluding tert-OH is 1. The van der Waals surface area contributed by atoms with Crippen LogP contribution in [0, 0.1) is 5.92 Å². The number of hydrogen-bond donors (Lipinski definition) is 3. The van der Waals surface area contributed by atoms with Crippen molar-refractivity contribution >= 4 is 18.4 Å². The number of allylic oxidation sites excluding steroid dienone is 3. The molecule has 0 bridgehead atoms. The van der Waals surface area contributed by atoms with Gasteiger partial charge in [-0.05, 0) is 49.8 Å². The van der Waals surface area contributed by atoms with Gasteiger partial charge in [0.25, 0.3) is 0 Å². The molecule has 2 rings (SSSR count). The molecule has 31 heavy (non-hydrogen) atoms. The van der Waals surface area contributed by atoms with Gasteiger partial charge in [0, 0.05) is 25.3 Å². The minimum Gasteiger partial charge on any atom is -0.491 e. The zero-order valence-corrected chi connectivity index (χ0v) is 19.6. The Morgan fingerprint density at radius 2 is 1.90 bits per heavy atom. The molecule has 176 valence electrons. The number of hydrogen-bond acceptors (Lipinski definition) is 5. The van der Waals surface area contributed by atoms with Crippen LogP contribution in [-0.2, 0) is 16.0 Å². The van der Waals surface area contributed by atoms with Gasteiger partial charge >= 0.3 is 5.97 Å².